The Labute approximate surface area is 126 Å². The zero-order valence-corrected chi connectivity index (χ0v) is 12.9. The van der Waals surface area contributed by atoms with Gasteiger partial charge in [0.05, 0.1) is 6.61 Å². The lowest BCUT2D eigenvalue weighted by Gasteiger charge is -2.13. The third-order valence-corrected chi connectivity index (χ3v) is 2.90. The van der Waals surface area contributed by atoms with Crippen molar-refractivity contribution in [3.63, 3.8) is 0 Å². The summed E-state index contributed by atoms with van der Waals surface area (Å²) in [6.07, 6.45) is 1.70. The molecule has 0 aliphatic carbocycles. The number of hydrogen-bond donors (Lipinski definition) is 3. The van der Waals surface area contributed by atoms with Gasteiger partial charge in [0.2, 0.25) is 5.96 Å². The summed E-state index contributed by atoms with van der Waals surface area (Å²) in [5.41, 5.74) is 4.74. The van der Waals surface area contributed by atoms with E-state index >= 15 is 0 Å². The standard InChI is InChI=1S/C15H26N4O2/c1-3-21-11-6-10-17-15(19-16)18-14-8-5-4-7-13(14)9-12-20-2/h4-5,7-8H,3,6,9-12,16H2,1-2H3,(H2,17,18,19). The van der Waals surface area contributed by atoms with E-state index in [-0.39, 0.29) is 0 Å². The Morgan fingerprint density at radius 3 is 2.81 bits per heavy atom. The van der Waals surface area contributed by atoms with Crippen molar-refractivity contribution in [2.75, 3.05) is 38.8 Å². The number of rotatable bonds is 9. The summed E-state index contributed by atoms with van der Waals surface area (Å²) in [5.74, 6) is 6.06. The summed E-state index contributed by atoms with van der Waals surface area (Å²) in [7, 11) is 1.70. The Kier molecular flexibility index (Phi) is 9.19. The lowest BCUT2D eigenvalue weighted by molar-refractivity contribution is 0.146. The number of benzene rings is 1. The summed E-state index contributed by atoms with van der Waals surface area (Å²) in [4.78, 5) is 4.39. The smallest absolute Gasteiger partial charge is 0.210 e. The Morgan fingerprint density at radius 1 is 1.29 bits per heavy atom. The van der Waals surface area contributed by atoms with Crippen LogP contribution in [0.2, 0.25) is 0 Å². The molecule has 1 rings (SSSR count). The van der Waals surface area contributed by atoms with Gasteiger partial charge in [-0.15, -0.1) is 0 Å². The van der Waals surface area contributed by atoms with E-state index in [9.17, 15) is 0 Å². The van der Waals surface area contributed by atoms with Crippen molar-refractivity contribution >= 4 is 11.6 Å². The Balaban J connectivity index is 2.57. The van der Waals surface area contributed by atoms with Crippen LogP contribution in [-0.2, 0) is 15.9 Å². The van der Waals surface area contributed by atoms with Crippen molar-refractivity contribution in [1.29, 1.82) is 0 Å². The van der Waals surface area contributed by atoms with Crippen molar-refractivity contribution in [3.8, 4) is 0 Å². The van der Waals surface area contributed by atoms with Crippen LogP contribution in [0.1, 0.15) is 18.9 Å². The maximum absolute atomic E-state index is 5.51. The SMILES string of the molecule is CCOCCCN=C(NN)Nc1ccccc1CCOC. The fraction of sp³-hybridized carbons (Fsp3) is 0.533. The number of guanidine groups is 1. The maximum Gasteiger partial charge on any atom is 0.210 e. The fourth-order valence-electron chi connectivity index (χ4n) is 1.82. The highest BCUT2D eigenvalue weighted by Crippen LogP contribution is 2.15. The number of nitrogens with one attached hydrogen (secondary N) is 2. The van der Waals surface area contributed by atoms with E-state index in [0.717, 1.165) is 30.7 Å². The Bertz CT molecular complexity index is 424. The van der Waals surface area contributed by atoms with E-state index < -0.39 is 0 Å². The molecule has 0 unspecified atom stereocenters. The summed E-state index contributed by atoms with van der Waals surface area (Å²) in [6, 6.07) is 8.04. The predicted molar refractivity (Wildman–Crippen MR) is 86.4 cm³/mol. The zero-order chi connectivity index (χ0) is 15.3. The first-order valence-electron chi connectivity index (χ1n) is 7.24. The number of ether oxygens (including phenoxy) is 2. The van der Waals surface area contributed by atoms with Gasteiger partial charge in [0.15, 0.2) is 0 Å². The number of anilines is 1. The summed E-state index contributed by atoms with van der Waals surface area (Å²) in [6.45, 7) is 4.76. The molecule has 1 aromatic carbocycles. The van der Waals surface area contributed by atoms with Crippen LogP contribution >= 0.6 is 0 Å². The highest BCUT2D eigenvalue weighted by atomic mass is 16.5. The van der Waals surface area contributed by atoms with Gasteiger partial charge < -0.3 is 14.8 Å². The van der Waals surface area contributed by atoms with Crippen LogP contribution in [0, 0.1) is 0 Å². The average molecular weight is 294 g/mol. The second kappa shape index (κ2) is 11.1. The molecule has 0 radical (unpaired) electrons. The number of methoxy groups -OCH3 is 1. The minimum Gasteiger partial charge on any atom is -0.384 e. The monoisotopic (exact) mass is 294 g/mol. The van der Waals surface area contributed by atoms with E-state index in [4.69, 9.17) is 15.3 Å². The third-order valence-electron chi connectivity index (χ3n) is 2.90. The van der Waals surface area contributed by atoms with Crippen molar-refractivity contribution in [2.45, 2.75) is 19.8 Å². The topological polar surface area (TPSA) is 80.9 Å². The molecule has 0 aliphatic heterocycles. The molecule has 0 saturated heterocycles. The van der Waals surface area contributed by atoms with E-state index in [0.29, 0.717) is 25.7 Å². The number of nitrogens with two attached hydrogens (primary N) is 1. The molecule has 0 fully saturated rings. The molecule has 0 atom stereocenters. The third kappa shape index (κ3) is 7.08. The summed E-state index contributed by atoms with van der Waals surface area (Å²) >= 11 is 0. The average Bonchev–Trinajstić information content (AvgIpc) is 2.52. The van der Waals surface area contributed by atoms with E-state index in [1.807, 2.05) is 25.1 Å². The van der Waals surface area contributed by atoms with Gasteiger partial charge in [0, 0.05) is 32.6 Å². The Hall–Kier alpha value is -1.63. The molecule has 118 valence electrons. The highest BCUT2D eigenvalue weighted by molar-refractivity contribution is 5.93. The second-order valence-electron chi connectivity index (χ2n) is 4.45. The molecular formula is C15H26N4O2. The van der Waals surface area contributed by atoms with Gasteiger partial charge in [-0.05, 0) is 31.4 Å². The van der Waals surface area contributed by atoms with Crippen LogP contribution in [0.25, 0.3) is 0 Å². The highest BCUT2D eigenvalue weighted by Gasteiger charge is 2.04. The first-order valence-corrected chi connectivity index (χ1v) is 7.24. The van der Waals surface area contributed by atoms with Crippen LogP contribution in [0.5, 0.6) is 0 Å². The summed E-state index contributed by atoms with van der Waals surface area (Å²) in [5, 5.41) is 3.21. The van der Waals surface area contributed by atoms with E-state index in [1.165, 1.54) is 0 Å². The maximum atomic E-state index is 5.51. The van der Waals surface area contributed by atoms with Gasteiger partial charge in [-0.2, -0.15) is 0 Å². The predicted octanol–water partition coefficient (Wildman–Crippen LogP) is 1.53. The molecule has 1 aromatic rings. The number of hydrazine groups is 1. The number of aliphatic imine (C=N–C) groups is 1. The molecule has 4 N–H and O–H groups in total. The van der Waals surface area contributed by atoms with Gasteiger partial charge in [0.1, 0.15) is 0 Å². The van der Waals surface area contributed by atoms with Crippen molar-refractivity contribution < 1.29 is 9.47 Å². The molecule has 21 heavy (non-hydrogen) atoms. The minimum absolute atomic E-state index is 0.552. The fourth-order valence-corrected chi connectivity index (χ4v) is 1.82. The first kappa shape index (κ1) is 17.4. The van der Waals surface area contributed by atoms with Gasteiger partial charge in [-0.25, -0.2) is 5.84 Å². The second-order valence-corrected chi connectivity index (χ2v) is 4.45. The molecule has 0 aliphatic rings. The van der Waals surface area contributed by atoms with E-state index in [2.05, 4.69) is 21.8 Å². The molecule has 6 nitrogen and oxygen atoms in total. The number of hydrogen-bond acceptors (Lipinski definition) is 4. The molecular weight excluding hydrogens is 268 g/mol. The van der Waals surface area contributed by atoms with Gasteiger partial charge in [0.25, 0.3) is 0 Å². The van der Waals surface area contributed by atoms with Crippen LogP contribution in [-0.4, -0.2) is 39.4 Å². The Morgan fingerprint density at radius 2 is 2.10 bits per heavy atom. The van der Waals surface area contributed by atoms with Crippen LogP contribution in [0.3, 0.4) is 0 Å². The van der Waals surface area contributed by atoms with Crippen LogP contribution < -0.4 is 16.6 Å². The quantitative estimate of drug-likeness (QED) is 0.212. The largest absolute Gasteiger partial charge is 0.384 e. The molecule has 0 bridgehead atoms. The number of nitrogens with zero attached hydrogens (tertiary/aromatic N) is 1. The van der Waals surface area contributed by atoms with Gasteiger partial charge in [-0.1, -0.05) is 18.2 Å². The molecule has 0 amide bonds. The molecule has 0 aromatic heterocycles. The molecule has 0 spiro atoms. The molecule has 6 heteroatoms. The van der Waals surface area contributed by atoms with Gasteiger partial charge >= 0.3 is 0 Å². The minimum atomic E-state index is 0.552. The van der Waals surface area contributed by atoms with Crippen molar-refractivity contribution in [2.24, 2.45) is 10.8 Å². The van der Waals surface area contributed by atoms with E-state index in [1.54, 1.807) is 7.11 Å². The normalized spacial score (nSPS) is 11.5. The number of para-hydroxylation sites is 1. The van der Waals surface area contributed by atoms with Crippen molar-refractivity contribution in [3.05, 3.63) is 29.8 Å². The lowest BCUT2D eigenvalue weighted by atomic mass is 10.1. The first-order chi connectivity index (χ1) is 10.3. The molecule has 0 heterocycles. The summed E-state index contributed by atoms with van der Waals surface area (Å²) < 4.78 is 10.4. The lowest BCUT2D eigenvalue weighted by Crippen LogP contribution is -2.36. The van der Waals surface area contributed by atoms with Crippen LogP contribution in [0.4, 0.5) is 5.69 Å². The van der Waals surface area contributed by atoms with Gasteiger partial charge in [-0.3, -0.25) is 10.4 Å². The molecule has 0 saturated carbocycles. The zero-order valence-electron chi connectivity index (χ0n) is 12.9. The van der Waals surface area contributed by atoms with Crippen molar-refractivity contribution in [1.82, 2.24) is 5.43 Å². The van der Waals surface area contributed by atoms with Crippen LogP contribution in [0.15, 0.2) is 29.3 Å².